The fourth-order valence-corrected chi connectivity index (χ4v) is 5.14. The second kappa shape index (κ2) is 9.63. The SMILES string of the molecule is CC(C)C(C(=O)OCc1cccc(Cc2ccccc2)n1)c1cc2cc(Cl)ccc2s1. The van der Waals surface area contributed by atoms with Crippen molar-refractivity contribution in [3.8, 4) is 0 Å². The van der Waals surface area contributed by atoms with Crippen molar-refractivity contribution in [2.24, 2.45) is 5.92 Å². The molecule has 2 aromatic heterocycles. The minimum Gasteiger partial charge on any atom is -0.459 e. The molecule has 4 rings (SSSR count). The largest absolute Gasteiger partial charge is 0.459 e. The van der Waals surface area contributed by atoms with Crippen molar-refractivity contribution < 1.29 is 9.53 Å². The Morgan fingerprint density at radius 1 is 1.00 bits per heavy atom. The number of ether oxygens (including phenoxy) is 1. The average molecular weight is 450 g/mol. The smallest absolute Gasteiger partial charge is 0.314 e. The highest BCUT2D eigenvalue weighted by molar-refractivity contribution is 7.19. The number of carbonyl (C=O) groups is 1. The maximum Gasteiger partial charge on any atom is 0.314 e. The number of benzene rings is 2. The van der Waals surface area contributed by atoms with Gasteiger partial charge >= 0.3 is 5.97 Å². The Balaban J connectivity index is 1.46. The molecule has 158 valence electrons. The van der Waals surface area contributed by atoms with Crippen LogP contribution < -0.4 is 0 Å². The van der Waals surface area contributed by atoms with E-state index in [4.69, 9.17) is 16.3 Å². The summed E-state index contributed by atoms with van der Waals surface area (Å²) in [6.45, 7) is 4.26. The van der Waals surface area contributed by atoms with Crippen molar-refractivity contribution in [3.63, 3.8) is 0 Å². The molecular formula is C26H24ClNO2S. The number of thiophene rings is 1. The molecule has 0 radical (unpaired) electrons. The second-order valence-electron chi connectivity index (χ2n) is 7.94. The van der Waals surface area contributed by atoms with Crippen molar-refractivity contribution in [1.82, 2.24) is 4.98 Å². The number of pyridine rings is 1. The van der Waals surface area contributed by atoms with Gasteiger partial charge in [0, 0.05) is 26.7 Å². The molecular weight excluding hydrogens is 426 g/mol. The molecule has 3 nitrogen and oxygen atoms in total. The van der Waals surface area contributed by atoms with Crippen molar-refractivity contribution in [2.75, 3.05) is 0 Å². The molecule has 5 heteroatoms. The number of halogens is 1. The van der Waals surface area contributed by atoms with E-state index in [1.54, 1.807) is 11.3 Å². The van der Waals surface area contributed by atoms with Crippen molar-refractivity contribution in [1.29, 1.82) is 0 Å². The van der Waals surface area contributed by atoms with E-state index in [2.05, 4.69) is 23.2 Å². The maximum absolute atomic E-state index is 13.0. The van der Waals surface area contributed by atoms with E-state index in [1.807, 2.05) is 68.4 Å². The van der Waals surface area contributed by atoms with Gasteiger partial charge in [0.1, 0.15) is 6.61 Å². The highest BCUT2D eigenvalue weighted by atomic mass is 35.5. The number of rotatable bonds is 7. The first-order valence-electron chi connectivity index (χ1n) is 10.3. The minimum atomic E-state index is -0.316. The molecule has 0 aliphatic heterocycles. The molecule has 0 saturated heterocycles. The molecule has 0 aliphatic rings. The van der Waals surface area contributed by atoms with Crippen LogP contribution in [-0.4, -0.2) is 11.0 Å². The number of fused-ring (bicyclic) bond motifs is 1. The lowest BCUT2D eigenvalue weighted by molar-refractivity contribution is -0.148. The lowest BCUT2D eigenvalue weighted by Crippen LogP contribution is -2.20. The van der Waals surface area contributed by atoms with Gasteiger partial charge < -0.3 is 4.74 Å². The number of hydrogen-bond donors (Lipinski definition) is 0. The van der Waals surface area contributed by atoms with Gasteiger partial charge in [-0.15, -0.1) is 11.3 Å². The molecule has 1 unspecified atom stereocenters. The molecule has 0 N–H and O–H groups in total. The Morgan fingerprint density at radius 3 is 2.55 bits per heavy atom. The van der Waals surface area contributed by atoms with Crippen LogP contribution >= 0.6 is 22.9 Å². The average Bonchev–Trinajstić information content (AvgIpc) is 3.15. The van der Waals surface area contributed by atoms with Gasteiger partial charge in [0.15, 0.2) is 0 Å². The molecule has 2 heterocycles. The van der Waals surface area contributed by atoms with Gasteiger partial charge in [-0.05, 0) is 53.3 Å². The first kappa shape index (κ1) is 21.5. The topological polar surface area (TPSA) is 39.2 Å². The summed E-state index contributed by atoms with van der Waals surface area (Å²) in [6, 6.07) is 23.9. The summed E-state index contributed by atoms with van der Waals surface area (Å²) in [5.41, 5.74) is 2.92. The second-order valence-corrected chi connectivity index (χ2v) is 9.49. The summed E-state index contributed by atoms with van der Waals surface area (Å²) < 4.78 is 6.83. The van der Waals surface area contributed by atoms with E-state index in [0.29, 0.717) is 5.02 Å². The van der Waals surface area contributed by atoms with Gasteiger partial charge in [0.2, 0.25) is 0 Å². The lowest BCUT2D eigenvalue weighted by Gasteiger charge is -2.18. The zero-order valence-electron chi connectivity index (χ0n) is 17.5. The van der Waals surface area contributed by atoms with Crippen LogP contribution in [0.1, 0.15) is 41.6 Å². The van der Waals surface area contributed by atoms with Gasteiger partial charge in [-0.1, -0.05) is 61.8 Å². The van der Waals surface area contributed by atoms with Crippen LogP contribution in [0.3, 0.4) is 0 Å². The minimum absolute atomic E-state index is 0.119. The fourth-order valence-electron chi connectivity index (χ4n) is 3.65. The Bertz CT molecular complexity index is 1190. The molecule has 0 spiro atoms. The molecule has 0 fully saturated rings. The van der Waals surface area contributed by atoms with Gasteiger partial charge in [0.05, 0.1) is 11.6 Å². The van der Waals surface area contributed by atoms with Crippen LogP contribution in [-0.2, 0) is 22.6 Å². The first-order chi connectivity index (χ1) is 15.0. The molecule has 0 aliphatic carbocycles. The number of aromatic nitrogens is 1. The number of nitrogens with zero attached hydrogens (tertiary/aromatic N) is 1. The van der Waals surface area contributed by atoms with Gasteiger partial charge in [-0.2, -0.15) is 0 Å². The predicted octanol–water partition coefficient (Wildman–Crippen LogP) is 7.02. The predicted molar refractivity (Wildman–Crippen MR) is 128 cm³/mol. The van der Waals surface area contributed by atoms with Gasteiger partial charge in [-0.3, -0.25) is 9.78 Å². The van der Waals surface area contributed by atoms with E-state index >= 15 is 0 Å². The van der Waals surface area contributed by atoms with E-state index in [-0.39, 0.29) is 24.4 Å². The van der Waals surface area contributed by atoms with E-state index < -0.39 is 0 Å². The number of carbonyl (C=O) groups excluding carboxylic acids is 1. The lowest BCUT2D eigenvalue weighted by atomic mass is 9.94. The molecule has 0 amide bonds. The molecule has 4 aromatic rings. The molecule has 1 atom stereocenters. The highest BCUT2D eigenvalue weighted by Gasteiger charge is 2.28. The Morgan fingerprint density at radius 2 is 1.77 bits per heavy atom. The van der Waals surface area contributed by atoms with Crippen LogP contribution in [0.4, 0.5) is 0 Å². The third kappa shape index (κ3) is 5.33. The van der Waals surface area contributed by atoms with Crippen LogP contribution in [0.25, 0.3) is 10.1 Å². The van der Waals surface area contributed by atoms with Crippen molar-refractivity contribution in [3.05, 3.63) is 99.6 Å². The first-order valence-corrected chi connectivity index (χ1v) is 11.5. The van der Waals surface area contributed by atoms with Gasteiger partial charge in [0.25, 0.3) is 0 Å². The number of hydrogen-bond acceptors (Lipinski definition) is 4. The number of esters is 1. The highest BCUT2D eigenvalue weighted by Crippen LogP contribution is 2.36. The van der Waals surface area contributed by atoms with Crippen LogP contribution in [0, 0.1) is 5.92 Å². The Kier molecular flexibility index (Phi) is 6.69. The van der Waals surface area contributed by atoms with Crippen LogP contribution in [0.5, 0.6) is 0 Å². The van der Waals surface area contributed by atoms with E-state index in [0.717, 1.165) is 32.8 Å². The summed E-state index contributed by atoms with van der Waals surface area (Å²) >= 11 is 7.74. The summed E-state index contributed by atoms with van der Waals surface area (Å²) in [5.74, 6) is -0.417. The molecule has 31 heavy (non-hydrogen) atoms. The summed E-state index contributed by atoms with van der Waals surface area (Å²) in [7, 11) is 0. The molecule has 0 saturated carbocycles. The van der Waals surface area contributed by atoms with Crippen LogP contribution in [0.2, 0.25) is 5.02 Å². The fraction of sp³-hybridized carbons (Fsp3) is 0.231. The summed E-state index contributed by atoms with van der Waals surface area (Å²) in [6.07, 6.45) is 0.752. The van der Waals surface area contributed by atoms with Crippen molar-refractivity contribution >= 4 is 39.0 Å². The van der Waals surface area contributed by atoms with Gasteiger partial charge in [-0.25, -0.2) is 0 Å². The molecule has 2 aromatic carbocycles. The van der Waals surface area contributed by atoms with E-state index in [9.17, 15) is 4.79 Å². The zero-order chi connectivity index (χ0) is 21.8. The Hall–Kier alpha value is -2.69. The third-order valence-corrected chi connectivity index (χ3v) is 6.61. The normalized spacial score (nSPS) is 12.3. The monoisotopic (exact) mass is 449 g/mol. The Labute approximate surface area is 191 Å². The maximum atomic E-state index is 13.0. The summed E-state index contributed by atoms with van der Waals surface area (Å²) in [5, 5.41) is 1.75. The van der Waals surface area contributed by atoms with Crippen LogP contribution in [0.15, 0.2) is 72.8 Å². The van der Waals surface area contributed by atoms with E-state index in [1.165, 1.54) is 5.56 Å². The molecule has 0 bridgehead atoms. The standard InChI is InChI=1S/C26H24ClNO2S/c1-17(2)25(24-15-19-14-20(27)11-12-23(19)31-24)26(29)30-16-22-10-6-9-21(28-22)13-18-7-4-3-5-8-18/h3-12,14-15,17,25H,13,16H2,1-2H3. The van der Waals surface area contributed by atoms with Crippen molar-refractivity contribution in [2.45, 2.75) is 32.8 Å². The zero-order valence-corrected chi connectivity index (χ0v) is 19.1. The third-order valence-electron chi connectivity index (χ3n) is 5.18. The summed E-state index contributed by atoms with van der Waals surface area (Å²) in [4.78, 5) is 18.7. The quantitative estimate of drug-likeness (QED) is 0.284.